The molecule has 0 atom stereocenters. The van der Waals surface area contributed by atoms with Crippen LogP contribution < -0.4 is 5.32 Å². The van der Waals surface area contributed by atoms with E-state index in [1.54, 1.807) is 0 Å². The molecular formula is C17H21NO. The summed E-state index contributed by atoms with van der Waals surface area (Å²) in [4.78, 5) is 11.8. The summed E-state index contributed by atoms with van der Waals surface area (Å²) in [6, 6.07) is 14.2. The zero-order chi connectivity index (χ0) is 13.5. The van der Waals surface area contributed by atoms with E-state index in [1.807, 2.05) is 30.3 Å². The van der Waals surface area contributed by atoms with E-state index in [4.69, 9.17) is 0 Å². The van der Waals surface area contributed by atoms with Crippen molar-refractivity contribution in [2.24, 2.45) is 0 Å². The van der Waals surface area contributed by atoms with Gasteiger partial charge in [-0.05, 0) is 29.3 Å². The van der Waals surface area contributed by atoms with Gasteiger partial charge in [-0.1, -0.05) is 56.5 Å². The van der Waals surface area contributed by atoms with Crippen LogP contribution in [-0.4, -0.2) is 5.91 Å². The van der Waals surface area contributed by atoms with Gasteiger partial charge in [-0.25, -0.2) is 0 Å². The first-order chi connectivity index (χ1) is 9.29. The highest BCUT2D eigenvalue weighted by molar-refractivity contribution is 5.94. The van der Waals surface area contributed by atoms with Crippen LogP contribution in [0.25, 0.3) is 10.8 Å². The van der Waals surface area contributed by atoms with Crippen molar-refractivity contribution >= 4 is 22.4 Å². The Kier molecular flexibility index (Phi) is 4.96. The van der Waals surface area contributed by atoms with Crippen molar-refractivity contribution in [1.82, 2.24) is 0 Å². The first-order valence-corrected chi connectivity index (χ1v) is 7.08. The number of nitrogens with one attached hydrogen (secondary N) is 1. The van der Waals surface area contributed by atoms with E-state index < -0.39 is 0 Å². The van der Waals surface area contributed by atoms with Crippen LogP contribution in [0, 0.1) is 0 Å². The maximum Gasteiger partial charge on any atom is 0.224 e. The standard InChI is InChI=1S/C17H21NO/c1-2-3-4-5-10-17(19)18-16-12-11-14-8-6-7-9-15(14)13-16/h6-9,11-13H,2-5,10H2,1H3,(H,18,19). The van der Waals surface area contributed by atoms with E-state index >= 15 is 0 Å². The minimum absolute atomic E-state index is 0.117. The lowest BCUT2D eigenvalue weighted by molar-refractivity contribution is -0.116. The second-order valence-electron chi connectivity index (χ2n) is 4.92. The molecule has 2 heteroatoms. The molecular weight excluding hydrogens is 234 g/mol. The van der Waals surface area contributed by atoms with E-state index in [-0.39, 0.29) is 5.91 Å². The number of fused-ring (bicyclic) bond motifs is 1. The Hall–Kier alpha value is -1.83. The predicted molar refractivity (Wildman–Crippen MR) is 81.3 cm³/mol. The molecule has 0 unspecified atom stereocenters. The van der Waals surface area contributed by atoms with Crippen LogP contribution in [-0.2, 0) is 4.79 Å². The third kappa shape index (κ3) is 4.09. The smallest absolute Gasteiger partial charge is 0.224 e. The Bertz CT molecular complexity index is 548. The van der Waals surface area contributed by atoms with Gasteiger partial charge in [0.2, 0.25) is 5.91 Å². The maximum absolute atomic E-state index is 11.8. The lowest BCUT2D eigenvalue weighted by Crippen LogP contribution is -2.10. The summed E-state index contributed by atoms with van der Waals surface area (Å²) in [5.74, 6) is 0.117. The van der Waals surface area contributed by atoms with Crippen molar-refractivity contribution in [1.29, 1.82) is 0 Å². The molecule has 2 aromatic rings. The average molecular weight is 255 g/mol. The van der Waals surface area contributed by atoms with Gasteiger partial charge in [0.05, 0.1) is 0 Å². The lowest BCUT2D eigenvalue weighted by Gasteiger charge is -2.06. The molecule has 100 valence electrons. The molecule has 0 aliphatic heterocycles. The Labute approximate surface area is 114 Å². The van der Waals surface area contributed by atoms with E-state index in [1.165, 1.54) is 18.2 Å². The van der Waals surface area contributed by atoms with E-state index in [2.05, 4.69) is 24.4 Å². The molecule has 0 fully saturated rings. The fraction of sp³-hybridized carbons (Fsp3) is 0.353. The number of hydrogen-bond acceptors (Lipinski definition) is 1. The number of hydrogen-bond donors (Lipinski definition) is 1. The van der Waals surface area contributed by atoms with Crippen molar-refractivity contribution < 1.29 is 4.79 Å². The fourth-order valence-electron chi connectivity index (χ4n) is 2.20. The zero-order valence-electron chi connectivity index (χ0n) is 11.5. The van der Waals surface area contributed by atoms with E-state index in [0.29, 0.717) is 6.42 Å². The van der Waals surface area contributed by atoms with Gasteiger partial charge in [0.25, 0.3) is 0 Å². The Morgan fingerprint density at radius 2 is 1.79 bits per heavy atom. The van der Waals surface area contributed by atoms with E-state index in [9.17, 15) is 4.79 Å². The summed E-state index contributed by atoms with van der Waals surface area (Å²) in [6.07, 6.45) is 5.15. The molecule has 0 aromatic heterocycles. The SMILES string of the molecule is CCCCCCC(=O)Nc1ccc2ccccc2c1. The Morgan fingerprint density at radius 1 is 1.00 bits per heavy atom. The number of unbranched alkanes of at least 4 members (excludes halogenated alkanes) is 3. The molecule has 0 aliphatic carbocycles. The topological polar surface area (TPSA) is 29.1 Å². The molecule has 0 spiro atoms. The van der Waals surface area contributed by atoms with Gasteiger partial charge in [-0.3, -0.25) is 4.79 Å². The minimum Gasteiger partial charge on any atom is -0.326 e. The highest BCUT2D eigenvalue weighted by atomic mass is 16.1. The monoisotopic (exact) mass is 255 g/mol. The number of rotatable bonds is 6. The molecule has 2 nitrogen and oxygen atoms in total. The van der Waals surface area contributed by atoms with Gasteiger partial charge in [0, 0.05) is 12.1 Å². The number of carbonyl (C=O) groups is 1. The summed E-state index contributed by atoms with van der Waals surface area (Å²) < 4.78 is 0. The second-order valence-corrected chi connectivity index (χ2v) is 4.92. The van der Waals surface area contributed by atoms with Crippen molar-refractivity contribution in [3.8, 4) is 0 Å². The van der Waals surface area contributed by atoms with Crippen LogP contribution in [0.2, 0.25) is 0 Å². The van der Waals surface area contributed by atoms with Crippen LogP contribution in [0.5, 0.6) is 0 Å². The summed E-state index contributed by atoms with van der Waals surface area (Å²) in [7, 11) is 0. The van der Waals surface area contributed by atoms with Gasteiger partial charge in [0.1, 0.15) is 0 Å². The molecule has 1 amide bonds. The molecule has 0 aliphatic rings. The number of anilines is 1. The highest BCUT2D eigenvalue weighted by Gasteiger charge is 2.02. The Morgan fingerprint density at radius 3 is 2.58 bits per heavy atom. The molecule has 1 N–H and O–H groups in total. The first kappa shape index (κ1) is 13.6. The van der Waals surface area contributed by atoms with Crippen LogP contribution in [0.15, 0.2) is 42.5 Å². The largest absolute Gasteiger partial charge is 0.326 e. The molecule has 0 bridgehead atoms. The molecule has 0 saturated carbocycles. The molecule has 0 saturated heterocycles. The van der Waals surface area contributed by atoms with Crippen LogP contribution in [0.3, 0.4) is 0 Å². The molecule has 0 heterocycles. The van der Waals surface area contributed by atoms with Gasteiger partial charge in [-0.15, -0.1) is 0 Å². The quantitative estimate of drug-likeness (QED) is 0.741. The van der Waals surface area contributed by atoms with Crippen LogP contribution >= 0.6 is 0 Å². The summed E-state index contributed by atoms with van der Waals surface area (Å²) in [5, 5.41) is 5.33. The third-order valence-electron chi connectivity index (χ3n) is 3.29. The maximum atomic E-state index is 11.8. The number of amides is 1. The predicted octanol–water partition coefficient (Wildman–Crippen LogP) is 4.75. The number of carbonyl (C=O) groups excluding carboxylic acids is 1. The zero-order valence-corrected chi connectivity index (χ0v) is 11.5. The van der Waals surface area contributed by atoms with Gasteiger partial charge in [0.15, 0.2) is 0 Å². The average Bonchev–Trinajstić information content (AvgIpc) is 2.43. The molecule has 2 rings (SSSR count). The molecule has 0 radical (unpaired) electrons. The highest BCUT2D eigenvalue weighted by Crippen LogP contribution is 2.19. The van der Waals surface area contributed by atoms with Crippen molar-refractivity contribution in [2.45, 2.75) is 39.0 Å². The van der Waals surface area contributed by atoms with Gasteiger partial charge in [-0.2, -0.15) is 0 Å². The third-order valence-corrected chi connectivity index (χ3v) is 3.29. The fourth-order valence-corrected chi connectivity index (χ4v) is 2.20. The molecule has 19 heavy (non-hydrogen) atoms. The normalized spacial score (nSPS) is 10.6. The van der Waals surface area contributed by atoms with Crippen LogP contribution in [0.1, 0.15) is 39.0 Å². The first-order valence-electron chi connectivity index (χ1n) is 7.08. The summed E-state index contributed by atoms with van der Waals surface area (Å²) in [6.45, 7) is 2.18. The lowest BCUT2D eigenvalue weighted by atomic mass is 10.1. The van der Waals surface area contributed by atoms with E-state index in [0.717, 1.165) is 23.9 Å². The minimum atomic E-state index is 0.117. The summed E-state index contributed by atoms with van der Waals surface area (Å²) in [5.41, 5.74) is 0.888. The summed E-state index contributed by atoms with van der Waals surface area (Å²) >= 11 is 0. The Balaban J connectivity index is 1.91. The van der Waals surface area contributed by atoms with Crippen molar-refractivity contribution in [3.05, 3.63) is 42.5 Å². The van der Waals surface area contributed by atoms with Gasteiger partial charge < -0.3 is 5.32 Å². The van der Waals surface area contributed by atoms with Crippen LogP contribution in [0.4, 0.5) is 5.69 Å². The molecule has 2 aromatic carbocycles. The van der Waals surface area contributed by atoms with Gasteiger partial charge >= 0.3 is 0 Å². The van der Waals surface area contributed by atoms with Crippen molar-refractivity contribution in [2.75, 3.05) is 5.32 Å². The number of benzene rings is 2. The second kappa shape index (κ2) is 6.93. The van der Waals surface area contributed by atoms with Crippen molar-refractivity contribution in [3.63, 3.8) is 0 Å².